The highest BCUT2D eigenvalue weighted by atomic mass is 32.2. The van der Waals surface area contributed by atoms with Crippen LogP contribution < -0.4 is 5.32 Å². The first-order chi connectivity index (χ1) is 13.3. The zero-order valence-corrected chi connectivity index (χ0v) is 20.5. The molecule has 0 aromatic heterocycles. The van der Waals surface area contributed by atoms with Crippen molar-refractivity contribution in [3.05, 3.63) is 35.4 Å². The Bertz CT molecular complexity index is 842. The Labute approximate surface area is 202 Å². The summed E-state index contributed by atoms with van der Waals surface area (Å²) in [5, 5.41) is 1.41. The molecule has 0 radical (unpaired) electrons. The third-order valence-electron chi connectivity index (χ3n) is 5.20. The fourth-order valence-electron chi connectivity index (χ4n) is 3.38. The van der Waals surface area contributed by atoms with Crippen LogP contribution in [0.15, 0.2) is 24.3 Å². The number of nitrogens with one attached hydrogen (secondary N) is 1. The molecule has 0 bridgehead atoms. The fourth-order valence-corrected chi connectivity index (χ4v) is 5.31. The Balaban J connectivity index is 0. The van der Waals surface area contributed by atoms with Crippen molar-refractivity contribution in [2.75, 3.05) is 6.61 Å². The van der Waals surface area contributed by atoms with Crippen LogP contribution in [-0.2, 0) is 35.3 Å². The van der Waals surface area contributed by atoms with Crippen molar-refractivity contribution in [1.82, 2.24) is 5.32 Å². The van der Waals surface area contributed by atoms with Crippen molar-refractivity contribution in [3.63, 3.8) is 0 Å². The Morgan fingerprint density at radius 1 is 1.16 bits per heavy atom. The van der Waals surface area contributed by atoms with Crippen molar-refractivity contribution in [1.29, 1.82) is 0 Å². The molecule has 1 saturated heterocycles. The second kappa shape index (κ2) is 12.8. The number of hydrogen-bond donors (Lipinski definition) is 1. The van der Waals surface area contributed by atoms with Gasteiger partial charge in [0, 0.05) is 0 Å². The monoisotopic (exact) mass is 489 g/mol. The Morgan fingerprint density at radius 2 is 1.69 bits per heavy atom. The van der Waals surface area contributed by atoms with Gasteiger partial charge in [-0.3, -0.25) is 9.59 Å². The summed E-state index contributed by atoms with van der Waals surface area (Å²) in [5.74, 6) is -1.06. The average molecular weight is 490 g/mol. The van der Waals surface area contributed by atoms with E-state index < -0.39 is 33.1 Å². The van der Waals surface area contributed by atoms with E-state index in [9.17, 15) is 18.0 Å². The fraction of sp³-hybridized carbons (Fsp3) is 0.667. The molecule has 1 aromatic rings. The van der Waals surface area contributed by atoms with E-state index in [0.717, 1.165) is 5.56 Å². The lowest BCUT2D eigenvalue weighted by atomic mass is 9.87. The van der Waals surface area contributed by atoms with E-state index in [0.29, 0.717) is 5.56 Å². The predicted molar refractivity (Wildman–Crippen MR) is 137 cm³/mol. The van der Waals surface area contributed by atoms with Gasteiger partial charge in [0.25, 0.3) is 0 Å². The molecule has 32 heavy (non-hydrogen) atoms. The highest BCUT2D eigenvalue weighted by Crippen LogP contribution is 2.24. The van der Waals surface area contributed by atoms with Crippen LogP contribution in [0.25, 0.3) is 0 Å². The predicted octanol–water partition coefficient (Wildman–Crippen LogP) is 4.17. The van der Waals surface area contributed by atoms with E-state index in [1.54, 1.807) is 19.1 Å². The third kappa shape index (κ3) is 8.52. The van der Waals surface area contributed by atoms with Gasteiger partial charge in [-0.2, -0.15) is 13.5 Å². The zero-order valence-electron chi connectivity index (χ0n) is 18.7. The smallest absolute Gasteiger partial charge is 0.239 e. The van der Waals surface area contributed by atoms with Gasteiger partial charge in [0.2, 0.25) is 5.91 Å². The van der Waals surface area contributed by atoms with Crippen LogP contribution in [-0.4, -0.2) is 44.1 Å². The molecule has 1 aliphatic heterocycles. The first-order valence-corrected chi connectivity index (χ1v) is 11.8. The summed E-state index contributed by atoms with van der Waals surface area (Å²) in [5.41, 5.74) is 1.74. The molecule has 1 aliphatic rings. The first kappa shape index (κ1) is 32.8. The van der Waals surface area contributed by atoms with Crippen molar-refractivity contribution in [2.24, 2.45) is 5.92 Å². The lowest BCUT2D eigenvalue weighted by molar-refractivity contribution is -0.126. The molecule has 1 N–H and O–H groups in total. The van der Waals surface area contributed by atoms with Crippen molar-refractivity contribution >= 4 is 35.0 Å². The molecule has 186 valence electrons. The Morgan fingerprint density at radius 3 is 2.09 bits per heavy atom. The molecule has 1 fully saturated rings. The summed E-state index contributed by atoms with van der Waals surface area (Å²) in [6.07, 6.45) is -0.261. The van der Waals surface area contributed by atoms with Crippen LogP contribution in [0, 0.1) is 5.92 Å². The van der Waals surface area contributed by atoms with E-state index in [2.05, 4.69) is 26.1 Å². The summed E-state index contributed by atoms with van der Waals surface area (Å²) >= 11 is 0. The Kier molecular flexibility index (Phi) is 13.1. The molecule has 1 aromatic carbocycles. The van der Waals surface area contributed by atoms with Crippen LogP contribution in [0.1, 0.15) is 73.9 Å². The number of sulfone groups is 1. The van der Waals surface area contributed by atoms with Crippen LogP contribution in [0.4, 0.5) is 0 Å². The minimum absolute atomic E-state index is 0. The molecular formula is C24H43NO5S2. The number of amides is 1. The lowest BCUT2D eigenvalue weighted by Gasteiger charge is -2.23. The van der Waals surface area contributed by atoms with Gasteiger partial charge in [0.1, 0.15) is 17.9 Å². The quantitative estimate of drug-likeness (QED) is 0.621. The third-order valence-corrected chi connectivity index (χ3v) is 7.21. The molecule has 3 atom stereocenters. The number of carbonyl (C=O) groups excluding carboxylic acids is 2. The maximum absolute atomic E-state index is 13.1. The minimum Gasteiger partial charge on any atom is -0.368 e. The zero-order chi connectivity index (χ0) is 22.0. The molecule has 0 spiro atoms. The molecular weight excluding hydrogens is 446 g/mol. The SMILES string of the molecule is C.C.CC(C)C[C@H](C(=O)N[C@H]1C(=O)CO[C@H]1C)S(=O)(=O)Cc1ccc(C(C)(C)C)cc1.S. The highest BCUT2D eigenvalue weighted by molar-refractivity contribution is 7.92. The number of ketones is 1. The summed E-state index contributed by atoms with van der Waals surface area (Å²) in [6, 6.07) is 6.67. The van der Waals surface area contributed by atoms with E-state index in [1.165, 1.54) is 0 Å². The minimum atomic E-state index is -3.76. The van der Waals surface area contributed by atoms with E-state index in [4.69, 9.17) is 4.74 Å². The van der Waals surface area contributed by atoms with Gasteiger partial charge in [-0.25, -0.2) is 8.42 Å². The number of Topliss-reactive ketones (excluding diaryl/α,β-unsaturated/α-hetero) is 1. The van der Waals surface area contributed by atoms with Gasteiger partial charge >= 0.3 is 0 Å². The first-order valence-electron chi connectivity index (χ1n) is 10.1. The summed E-state index contributed by atoms with van der Waals surface area (Å²) in [7, 11) is -3.76. The summed E-state index contributed by atoms with van der Waals surface area (Å²) < 4.78 is 31.5. The number of rotatable bonds is 7. The van der Waals surface area contributed by atoms with Crippen LogP contribution in [0.3, 0.4) is 0 Å². The van der Waals surface area contributed by atoms with Gasteiger partial charge in [0.15, 0.2) is 15.6 Å². The van der Waals surface area contributed by atoms with Crippen LogP contribution in [0.2, 0.25) is 0 Å². The van der Waals surface area contributed by atoms with Gasteiger partial charge in [-0.1, -0.05) is 73.7 Å². The van der Waals surface area contributed by atoms with Gasteiger partial charge < -0.3 is 10.1 Å². The standard InChI is InChI=1S/C22H33NO5S.2CH4.H2S/c1-14(2)11-19(21(25)23-20-15(3)28-12-18(20)24)29(26,27)13-16-7-9-17(10-8-16)22(4,5)6;;;/h7-10,14-15,19-20H,11-13H2,1-6H3,(H,23,25);2*1H4;1H2/t15-,19+,20+;;;/m0.../s1. The van der Waals surface area contributed by atoms with E-state index in [-0.39, 0.29) is 64.2 Å². The summed E-state index contributed by atoms with van der Waals surface area (Å²) in [4.78, 5) is 24.8. The lowest BCUT2D eigenvalue weighted by Crippen LogP contribution is -2.50. The highest BCUT2D eigenvalue weighted by Gasteiger charge is 2.39. The Hall–Kier alpha value is -1.38. The molecule has 2 rings (SSSR count). The average Bonchev–Trinajstić information content (AvgIpc) is 2.90. The van der Waals surface area contributed by atoms with Crippen LogP contribution in [0.5, 0.6) is 0 Å². The largest absolute Gasteiger partial charge is 0.368 e. The normalized spacial score (nSPS) is 19.4. The molecule has 6 nitrogen and oxygen atoms in total. The van der Waals surface area contributed by atoms with Gasteiger partial charge in [-0.15, -0.1) is 0 Å². The molecule has 0 unspecified atom stereocenters. The van der Waals surface area contributed by atoms with Crippen molar-refractivity contribution in [3.8, 4) is 0 Å². The second-order valence-electron chi connectivity index (χ2n) is 9.34. The van der Waals surface area contributed by atoms with Crippen molar-refractivity contribution in [2.45, 2.75) is 91.4 Å². The molecule has 8 heteroatoms. The molecule has 0 aliphatic carbocycles. The van der Waals surface area contributed by atoms with E-state index in [1.807, 2.05) is 26.0 Å². The van der Waals surface area contributed by atoms with Gasteiger partial charge in [-0.05, 0) is 35.8 Å². The number of benzene rings is 1. The number of carbonyl (C=O) groups is 2. The topological polar surface area (TPSA) is 89.5 Å². The maximum atomic E-state index is 13.1. The van der Waals surface area contributed by atoms with Gasteiger partial charge in [0.05, 0.1) is 11.9 Å². The second-order valence-corrected chi connectivity index (χ2v) is 11.5. The van der Waals surface area contributed by atoms with Crippen molar-refractivity contribution < 1.29 is 22.7 Å². The molecule has 0 saturated carbocycles. The van der Waals surface area contributed by atoms with E-state index >= 15 is 0 Å². The number of ether oxygens (including phenoxy) is 1. The molecule has 1 amide bonds. The number of hydrogen-bond acceptors (Lipinski definition) is 5. The van der Waals surface area contributed by atoms with Crippen LogP contribution >= 0.6 is 13.5 Å². The molecule has 1 heterocycles. The maximum Gasteiger partial charge on any atom is 0.239 e. The summed E-state index contributed by atoms with van der Waals surface area (Å²) in [6.45, 7) is 11.7.